The highest BCUT2D eigenvalue weighted by Gasteiger charge is 2.14. The van der Waals surface area contributed by atoms with Crippen molar-refractivity contribution in [2.45, 2.75) is 12.5 Å². The predicted octanol–water partition coefficient (Wildman–Crippen LogP) is -0.259. The second-order valence-corrected chi connectivity index (χ2v) is 3.40. The lowest BCUT2D eigenvalue weighted by Gasteiger charge is -2.12. The van der Waals surface area contributed by atoms with Gasteiger partial charge in [0, 0.05) is 13.1 Å². The second kappa shape index (κ2) is 7.39. The molecule has 0 fully saturated rings. The average molecular weight is 192 g/mol. The van der Waals surface area contributed by atoms with Crippen LogP contribution in [0.1, 0.15) is 6.42 Å². The SMILES string of the molecule is CSCCC(NCCN)C(=O)O. The zero-order chi connectivity index (χ0) is 9.40. The molecular weight excluding hydrogens is 176 g/mol. The van der Waals surface area contributed by atoms with Crippen molar-refractivity contribution in [2.75, 3.05) is 25.1 Å². The van der Waals surface area contributed by atoms with Crippen molar-refractivity contribution < 1.29 is 9.90 Å². The van der Waals surface area contributed by atoms with Crippen molar-refractivity contribution in [1.29, 1.82) is 0 Å². The van der Waals surface area contributed by atoms with Gasteiger partial charge in [-0.2, -0.15) is 11.8 Å². The van der Waals surface area contributed by atoms with E-state index in [0.717, 1.165) is 5.75 Å². The van der Waals surface area contributed by atoms with E-state index in [-0.39, 0.29) is 0 Å². The molecule has 0 heterocycles. The molecule has 0 aromatic carbocycles. The van der Waals surface area contributed by atoms with E-state index in [0.29, 0.717) is 19.5 Å². The lowest BCUT2D eigenvalue weighted by molar-refractivity contribution is -0.139. The predicted molar refractivity (Wildman–Crippen MR) is 51.5 cm³/mol. The number of hydrogen-bond acceptors (Lipinski definition) is 4. The van der Waals surface area contributed by atoms with Crippen LogP contribution >= 0.6 is 11.8 Å². The summed E-state index contributed by atoms with van der Waals surface area (Å²) in [5.41, 5.74) is 5.24. The first kappa shape index (κ1) is 11.7. The van der Waals surface area contributed by atoms with Crippen molar-refractivity contribution in [1.82, 2.24) is 5.32 Å². The van der Waals surface area contributed by atoms with Crippen LogP contribution in [0.3, 0.4) is 0 Å². The van der Waals surface area contributed by atoms with Crippen molar-refractivity contribution >= 4 is 17.7 Å². The first-order chi connectivity index (χ1) is 5.72. The van der Waals surface area contributed by atoms with Crippen LogP contribution in [-0.2, 0) is 4.79 Å². The van der Waals surface area contributed by atoms with E-state index in [1.165, 1.54) is 0 Å². The Balaban J connectivity index is 3.62. The molecular formula is C7H16N2O2S. The lowest BCUT2D eigenvalue weighted by atomic mass is 10.2. The Morgan fingerprint density at radius 3 is 2.83 bits per heavy atom. The Morgan fingerprint density at radius 1 is 1.75 bits per heavy atom. The van der Waals surface area contributed by atoms with E-state index in [1.54, 1.807) is 11.8 Å². The molecule has 0 spiro atoms. The monoisotopic (exact) mass is 192 g/mol. The summed E-state index contributed by atoms with van der Waals surface area (Å²) in [5, 5.41) is 11.6. The molecule has 0 bridgehead atoms. The minimum atomic E-state index is -0.794. The van der Waals surface area contributed by atoms with Gasteiger partial charge in [0.2, 0.25) is 0 Å². The zero-order valence-electron chi connectivity index (χ0n) is 7.25. The fourth-order valence-electron chi connectivity index (χ4n) is 0.806. The third-order valence-electron chi connectivity index (χ3n) is 1.44. The van der Waals surface area contributed by atoms with Gasteiger partial charge in [-0.15, -0.1) is 0 Å². The molecule has 1 atom stereocenters. The van der Waals surface area contributed by atoms with Crippen LogP contribution in [0.4, 0.5) is 0 Å². The summed E-state index contributed by atoms with van der Waals surface area (Å²) in [4.78, 5) is 10.6. The van der Waals surface area contributed by atoms with E-state index in [9.17, 15) is 4.79 Å². The lowest BCUT2D eigenvalue weighted by Crippen LogP contribution is -2.39. The van der Waals surface area contributed by atoms with Gasteiger partial charge in [0.25, 0.3) is 0 Å². The Bertz CT molecular complexity index is 125. The van der Waals surface area contributed by atoms with Crippen molar-refractivity contribution in [3.05, 3.63) is 0 Å². The fraction of sp³-hybridized carbons (Fsp3) is 0.857. The number of nitrogens with two attached hydrogens (primary N) is 1. The van der Waals surface area contributed by atoms with Crippen LogP contribution in [-0.4, -0.2) is 42.2 Å². The topological polar surface area (TPSA) is 75.3 Å². The van der Waals surface area contributed by atoms with Gasteiger partial charge >= 0.3 is 5.97 Å². The molecule has 0 aliphatic rings. The van der Waals surface area contributed by atoms with Crippen molar-refractivity contribution in [2.24, 2.45) is 5.73 Å². The molecule has 0 saturated carbocycles. The summed E-state index contributed by atoms with van der Waals surface area (Å²) in [6, 6.07) is -0.444. The van der Waals surface area contributed by atoms with Crippen LogP contribution < -0.4 is 11.1 Å². The van der Waals surface area contributed by atoms with E-state index < -0.39 is 12.0 Å². The molecule has 0 aromatic heterocycles. The molecule has 4 N–H and O–H groups in total. The maximum Gasteiger partial charge on any atom is 0.320 e. The third kappa shape index (κ3) is 5.40. The molecule has 1 unspecified atom stereocenters. The molecule has 0 aromatic rings. The number of rotatable bonds is 7. The fourth-order valence-corrected chi connectivity index (χ4v) is 1.28. The molecule has 72 valence electrons. The van der Waals surface area contributed by atoms with Gasteiger partial charge in [0.15, 0.2) is 0 Å². The van der Waals surface area contributed by atoms with Crippen molar-refractivity contribution in [3.8, 4) is 0 Å². The maximum absolute atomic E-state index is 10.6. The normalized spacial score (nSPS) is 12.8. The highest BCUT2D eigenvalue weighted by molar-refractivity contribution is 7.98. The van der Waals surface area contributed by atoms with E-state index in [1.807, 2.05) is 6.26 Å². The minimum Gasteiger partial charge on any atom is -0.480 e. The second-order valence-electron chi connectivity index (χ2n) is 2.42. The molecule has 0 aliphatic heterocycles. The van der Waals surface area contributed by atoms with E-state index in [2.05, 4.69) is 5.32 Å². The number of carboxylic acids is 1. The Hall–Kier alpha value is -0.260. The number of nitrogens with one attached hydrogen (secondary N) is 1. The van der Waals surface area contributed by atoms with Gasteiger partial charge in [0.1, 0.15) is 6.04 Å². The molecule has 4 nitrogen and oxygen atoms in total. The molecule has 0 amide bonds. The molecule has 0 radical (unpaired) electrons. The highest BCUT2D eigenvalue weighted by atomic mass is 32.2. The number of carboxylic acid groups (broad SMARTS) is 1. The van der Waals surface area contributed by atoms with E-state index in [4.69, 9.17) is 10.8 Å². The van der Waals surface area contributed by atoms with Crippen LogP contribution in [0.25, 0.3) is 0 Å². The molecule has 12 heavy (non-hydrogen) atoms. The standard InChI is InChI=1S/C7H16N2O2S/c1-12-5-2-6(7(10)11)9-4-3-8/h6,9H,2-5,8H2,1H3,(H,10,11). The summed E-state index contributed by atoms with van der Waals surface area (Å²) in [7, 11) is 0. The number of carbonyl (C=O) groups is 1. The van der Waals surface area contributed by atoms with Crippen LogP contribution in [0.15, 0.2) is 0 Å². The van der Waals surface area contributed by atoms with Crippen LogP contribution in [0.2, 0.25) is 0 Å². The largest absolute Gasteiger partial charge is 0.480 e. The van der Waals surface area contributed by atoms with Gasteiger partial charge in [-0.05, 0) is 18.4 Å². The number of thioether (sulfide) groups is 1. The quantitative estimate of drug-likeness (QED) is 0.518. The summed E-state index contributed by atoms with van der Waals surface area (Å²) >= 11 is 1.65. The zero-order valence-corrected chi connectivity index (χ0v) is 8.06. The third-order valence-corrected chi connectivity index (χ3v) is 2.09. The maximum atomic E-state index is 10.6. The molecule has 5 heteroatoms. The molecule has 0 rings (SSSR count). The average Bonchev–Trinajstić information content (AvgIpc) is 2.04. The minimum absolute atomic E-state index is 0.444. The van der Waals surface area contributed by atoms with Gasteiger partial charge in [-0.1, -0.05) is 0 Å². The first-order valence-electron chi connectivity index (χ1n) is 3.87. The Morgan fingerprint density at radius 2 is 2.42 bits per heavy atom. The van der Waals surface area contributed by atoms with Gasteiger partial charge in [-0.3, -0.25) is 4.79 Å². The summed E-state index contributed by atoms with van der Waals surface area (Å²) in [5.74, 6) is 0.0617. The summed E-state index contributed by atoms with van der Waals surface area (Å²) < 4.78 is 0. The Labute approximate surface area is 76.9 Å². The Kier molecular flexibility index (Phi) is 7.23. The van der Waals surface area contributed by atoms with Crippen LogP contribution in [0, 0.1) is 0 Å². The highest BCUT2D eigenvalue weighted by Crippen LogP contribution is 2.00. The number of hydrogen-bond donors (Lipinski definition) is 3. The smallest absolute Gasteiger partial charge is 0.320 e. The molecule has 0 saturated heterocycles. The number of aliphatic carboxylic acids is 1. The van der Waals surface area contributed by atoms with Crippen LogP contribution in [0.5, 0.6) is 0 Å². The summed E-state index contributed by atoms with van der Waals surface area (Å²) in [6.07, 6.45) is 2.61. The van der Waals surface area contributed by atoms with Gasteiger partial charge in [-0.25, -0.2) is 0 Å². The first-order valence-corrected chi connectivity index (χ1v) is 5.27. The van der Waals surface area contributed by atoms with Gasteiger partial charge < -0.3 is 16.2 Å². The summed E-state index contributed by atoms with van der Waals surface area (Å²) in [6.45, 7) is 1.04. The molecule has 0 aliphatic carbocycles. The van der Waals surface area contributed by atoms with E-state index >= 15 is 0 Å². The van der Waals surface area contributed by atoms with Gasteiger partial charge in [0.05, 0.1) is 0 Å². The van der Waals surface area contributed by atoms with Crippen molar-refractivity contribution in [3.63, 3.8) is 0 Å².